The van der Waals surface area contributed by atoms with Crippen LogP contribution in [0.25, 0.3) is 0 Å². The number of carbonyl (C=O) groups excluding carboxylic acids is 1. The third-order valence-corrected chi connectivity index (χ3v) is 0.682. The third kappa shape index (κ3) is 35.5. The van der Waals surface area contributed by atoms with Gasteiger partial charge in [-0.2, -0.15) is 0 Å². The van der Waals surface area contributed by atoms with Crippen molar-refractivity contribution in [3.05, 3.63) is 0 Å². The van der Waals surface area contributed by atoms with Gasteiger partial charge in [0.25, 0.3) is 5.97 Å². The van der Waals surface area contributed by atoms with E-state index in [1.165, 1.54) is 6.92 Å². The molecule has 72 valence electrons. The number of carbonyl (C=O) groups is 2. The number of aliphatic carboxylic acids is 1. The van der Waals surface area contributed by atoms with Crippen molar-refractivity contribution in [2.75, 3.05) is 0 Å². The van der Waals surface area contributed by atoms with Crippen LogP contribution in [-0.4, -0.2) is 27.6 Å². The lowest BCUT2D eigenvalue weighted by Gasteiger charge is -2.13. The first kappa shape index (κ1) is 13.7. The van der Waals surface area contributed by atoms with Crippen molar-refractivity contribution in [3.63, 3.8) is 0 Å². The Morgan fingerprint density at radius 3 is 1.50 bits per heavy atom. The van der Waals surface area contributed by atoms with E-state index in [4.69, 9.17) is 15.0 Å². The maximum atomic E-state index is 10.3. The number of hydrogen-bond acceptors (Lipinski definition) is 3. The Balaban J connectivity index is 0. The summed E-state index contributed by atoms with van der Waals surface area (Å²) in [6, 6.07) is 0. The molecule has 0 aliphatic carbocycles. The van der Waals surface area contributed by atoms with E-state index in [2.05, 4.69) is 0 Å². The van der Waals surface area contributed by atoms with E-state index >= 15 is 0 Å². The molecule has 0 aromatic rings. The van der Waals surface area contributed by atoms with Crippen LogP contribution in [0.5, 0.6) is 0 Å². The van der Waals surface area contributed by atoms with Gasteiger partial charge in [0, 0.05) is 13.3 Å². The molecule has 0 aromatic heterocycles. The van der Waals surface area contributed by atoms with Crippen LogP contribution in [0, 0.1) is 0 Å². The molecule has 0 heterocycles. The Morgan fingerprint density at radius 2 is 1.50 bits per heavy atom. The molecule has 0 aliphatic heterocycles. The molecule has 4 heteroatoms. The summed E-state index contributed by atoms with van der Waals surface area (Å²) in [5.74, 6) is -0.808. The largest absolute Gasteiger partial charge is 0.481 e. The van der Waals surface area contributed by atoms with Gasteiger partial charge < -0.3 is 10.2 Å². The number of hydrogen-bond donors (Lipinski definition) is 2. The molecule has 4 nitrogen and oxygen atoms in total. The molecule has 2 N–H and O–H groups in total. The highest BCUT2D eigenvalue weighted by Gasteiger charge is 2.13. The van der Waals surface area contributed by atoms with Crippen LogP contribution >= 0.6 is 0 Å². The first-order valence-corrected chi connectivity index (χ1v) is 3.56. The summed E-state index contributed by atoms with van der Waals surface area (Å²) in [4.78, 5) is 19.3. The molecule has 0 bridgehead atoms. The predicted molar refractivity (Wildman–Crippen MR) is 44.9 cm³/mol. The first-order valence-electron chi connectivity index (χ1n) is 3.56. The molecule has 0 aliphatic rings. The molecule has 0 rings (SSSR count). The lowest BCUT2D eigenvalue weighted by molar-refractivity contribution is -0.134. The summed E-state index contributed by atoms with van der Waals surface area (Å²) >= 11 is 0. The maximum absolute atomic E-state index is 10.3. The van der Waals surface area contributed by atoms with Gasteiger partial charge in [0.15, 0.2) is 0 Å². The molecule has 0 spiro atoms. The van der Waals surface area contributed by atoms with Crippen molar-refractivity contribution in [2.24, 2.45) is 0 Å². The van der Waals surface area contributed by atoms with E-state index in [1.807, 2.05) is 0 Å². The minimum Gasteiger partial charge on any atom is -0.481 e. The molecule has 12 heavy (non-hydrogen) atoms. The normalized spacial score (nSPS) is 9.75. The van der Waals surface area contributed by atoms with E-state index in [-0.39, 0.29) is 12.2 Å². The topological polar surface area (TPSA) is 74.6 Å². The smallest absolute Gasteiger partial charge is 0.300 e. The fourth-order valence-electron chi connectivity index (χ4n) is 0.609. The Labute approximate surface area is 72.2 Å². The van der Waals surface area contributed by atoms with Gasteiger partial charge in [0.1, 0.15) is 5.78 Å². The zero-order chi connectivity index (χ0) is 10.4. The molecule has 0 amide bonds. The molecule has 0 fully saturated rings. The van der Waals surface area contributed by atoms with E-state index in [0.717, 1.165) is 6.92 Å². The molecular formula is C8H16O4. The number of carboxylic acids is 1. The average molecular weight is 176 g/mol. The van der Waals surface area contributed by atoms with Crippen molar-refractivity contribution in [3.8, 4) is 0 Å². The van der Waals surface area contributed by atoms with Crippen molar-refractivity contribution in [2.45, 2.75) is 39.7 Å². The second kappa shape index (κ2) is 5.71. The molecule has 0 atom stereocenters. The molecule has 0 saturated carbocycles. The molecule has 0 saturated heterocycles. The highest BCUT2D eigenvalue weighted by molar-refractivity contribution is 5.76. The molecule has 0 unspecified atom stereocenters. The number of ketones is 1. The Morgan fingerprint density at radius 1 is 1.25 bits per heavy atom. The van der Waals surface area contributed by atoms with Gasteiger partial charge in [-0.3, -0.25) is 9.59 Å². The molecule has 0 radical (unpaired) electrons. The van der Waals surface area contributed by atoms with Crippen LogP contribution in [-0.2, 0) is 9.59 Å². The Bertz CT molecular complexity index is 151. The maximum Gasteiger partial charge on any atom is 0.300 e. The van der Waals surface area contributed by atoms with Crippen LogP contribution < -0.4 is 0 Å². The quantitative estimate of drug-likeness (QED) is 0.653. The van der Waals surface area contributed by atoms with Crippen molar-refractivity contribution in [1.29, 1.82) is 0 Å². The lowest BCUT2D eigenvalue weighted by atomic mass is 10.0. The second-order valence-electron chi connectivity index (χ2n) is 3.21. The van der Waals surface area contributed by atoms with Crippen molar-refractivity contribution in [1.82, 2.24) is 0 Å². The van der Waals surface area contributed by atoms with Crippen LogP contribution in [0.1, 0.15) is 34.1 Å². The first-order chi connectivity index (χ1) is 5.15. The predicted octanol–water partition coefficient (Wildman–Crippen LogP) is 0.827. The van der Waals surface area contributed by atoms with Gasteiger partial charge in [-0.1, -0.05) is 0 Å². The Hall–Kier alpha value is -0.900. The van der Waals surface area contributed by atoms with Crippen molar-refractivity contribution < 1.29 is 19.8 Å². The van der Waals surface area contributed by atoms with Gasteiger partial charge in [-0.05, 0) is 20.8 Å². The highest BCUT2D eigenvalue weighted by atomic mass is 16.4. The minimum atomic E-state index is -0.833. The fraction of sp³-hybridized carbons (Fsp3) is 0.750. The zero-order valence-corrected chi connectivity index (χ0v) is 7.92. The van der Waals surface area contributed by atoms with E-state index < -0.39 is 11.6 Å². The summed E-state index contributed by atoms with van der Waals surface area (Å²) in [7, 11) is 0. The van der Waals surface area contributed by atoms with Crippen LogP contribution in [0.2, 0.25) is 0 Å². The summed E-state index contributed by atoms with van der Waals surface area (Å²) in [5.41, 5.74) is -0.828. The standard InChI is InChI=1S/C6H12O2.C2H4O2/c1-5(7)4-6(2,3)8;1-2(3)4/h8H,4H2,1-3H3;1H3,(H,3,4). The Kier molecular flexibility index (Phi) is 6.51. The monoisotopic (exact) mass is 176 g/mol. The zero-order valence-electron chi connectivity index (χ0n) is 7.92. The van der Waals surface area contributed by atoms with Gasteiger partial charge in [0.05, 0.1) is 5.60 Å². The number of rotatable bonds is 2. The molecule has 0 aromatic carbocycles. The summed E-state index contributed by atoms with van der Waals surface area (Å²) in [6.45, 7) is 5.79. The van der Waals surface area contributed by atoms with Crippen LogP contribution in [0.15, 0.2) is 0 Å². The third-order valence-electron chi connectivity index (χ3n) is 0.682. The number of aliphatic hydroxyl groups is 1. The van der Waals surface area contributed by atoms with Crippen LogP contribution in [0.4, 0.5) is 0 Å². The minimum absolute atomic E-state index is 0.0255. The SMILES string of the molecule is CC(=O)CC(C)(C)O.CC(=O)O. The number of Topliss-reactive ketones (excluding diaryl/α,β-unsaturated/α-hetero) is 1. The fourth-order valence-corrected chi connectivity index (χ4v) is 0.609. The molecular weight excluding hydrogens is 160 g/mol. The van der Waals surface area contributed by atoms with Crippen LogP contribution in [0.3, 0.4) is 0 Å². The average Bonchev–Trinajstić information content (AvgIpc) is 1.52. The van der Waals surface area contributed by atoms with Gasteiger partial charge in [-0.15, -0.1) is 0 Å². The van der Waals surface area contributed by atoms with Gasteiger partial charge >= 0.3 is 0 Å². The second-order valence-corrected chi connectivity index (χ2v) is 3.21. The summed E-state index contributed by atoms with van der Waals surface area (Å²) in [5, 5.41) is 16.4. The lowest BCUT2D eigenvalue weighted by Crippen LogP contribution is -2.21. The summed E-state index contributed by atoms with van der Waals surface area (Å²) in [6.07, 6.45) is 0.243. The number of carboxylic acid groups (broad SMARTS) is 1. The van der Waals surface area contributed by atoms with Crippen molar-refractivity contribution >= 4 is 11.8 Å². The van der Waals surface area contributed by atoms with E-state index in [9.17, 15) is 4.79 Å². The van der Waals surface area contributed by atoms with E-state index in [1.54, 1.807) is 13.8 Å². The summed E-state index contributed by atoms with van der Waals surface area (Å²) < 4.78 is 0. The highest BCUT2D eigenvalue weighted by Crippen LogP contribution is 2.06. The van der Waals surface area contributed by atoms with E-state index in [0.29, 0.717) is 0 Å². The van der Waals surface area contributed by atoms with Gasteiger partial charge in [0.2, 0.25) is 0 Å². The van der Waals surface area contributed by atoms with Gasteiger partial charge in [-0.25, -0.2) is 0 Å².